The van der Waals surface area contributed by atoms with Crippen LogP contribution in [0.25, 0.3) is 0 Å². The molecule has 0 aromatic carbocycles. The Balaban J connectivity index is 4.50. The Morgan fingerprint density at radius 1 is 1.06 bits per heavy atom. The summed E-state index contributed by atoms with van der Waals surface area (Å²) < 4.78 is 4.57. The Labute approximate surface area is 97.3 Å². The number of urea groups is 1. The number of hydrogen-bond donors (Lipinski definition) is 0. The summed E-state index contributed by atoms with van der Waals surface area (Å²) in [6.07, 6.45) is 0.823. The largest absolute Gasteiger partial charge is 0.468 e. The third kappa shape index (κ3) is 4.51. The molecule has 0 saturated carbocycles. The fourth-order valence-electron chi connectivity index (χ4n) is 1.43. The number of hydrogen-bond acceptors (Lipinski definition) is 3. The van der Waals surface area contributed by atoms with Crippen molar-refractivity contribution in [1.82, 2.24) is 9.80 Å². The molecule has 0 heterocycles. The third-order valence-electron chi connectivity index (χ3n) is 2.35. The fourth-order valence-corrected chi connectivity index (χ4v) is 1.43. The average molecular weight is 230 g/mol. The second-order valence-corrected chi connectivity index (χ2v) is 3.45. The van der Waals surface area contributed by atoms with Crippen LogP contribution in [0.2, 0.25) is 0 Å². The van der Waals surface area contributed by atoms with Crippen molar-refractivity contribution >= 4 is 12.0 Å². The predicted octanol–water partition coefficient (Wildman–Crippen LogP) is 1.33. The van der Waals surface area contributed by atoms with Crippen LogP contribution in [-0.2, 0) is 9.53 Å². The zero-order valence-corrected chi connectivity index (χ0v) is 10.7. The maximum Gasteiger partial charge on any atom is 0.325 e. The first kappa shape index (κ1) is 14.7. The molecule has 0 aliphatic heterocycles. The Kier molecular flexibility index (Phi) is 7.33. The van der Waals surface area contributed by atoms with Gasteiger partial charge in [0, 0.05) is 19.6 Å². The Morgan fingerprint density at radius 3 is 2.00 bits per heavy atom. The molecule has 0 spiro atoms. The van der Waals surface area contributed by atoms with Crippen LogP contribution in [0.1, 0.15) is 27.2 Å². The van der Waals surface area contributed by atoms with Crippen LogP contribution in [-0.4, -0.2) is 55.1 Å². The molecule has 0 aromatic heterocycles. The van der Waals surface area contributed by atoms with Crippen molar-refractivity contribution in [3.63, 3.8) is 0 Å². The molecule has 0 rings (SSSR count). The van der Waals surface area contributed by atoms with Crippen molar-refractivity contribution in [3.05, 3.63) is 0 Å². The summed E-state index contributed by atoms with van der Waals surface area (Å²) in [5.41, 5.74) is 0. The smallest absolute Gasteiger partial charge is 0.325 e. The van der Waals surface area contributed by atoms with Gasteiger partial charge in [0.2, 0.25) is 0 Å². The molecule has 5 nitrogen and oxygen atoms in total. The van der Waals surface area contributed by atoms with Crippen molar-refractivity contribution in [2.24, 2.45) is 0 Å². The minimum absolute atomic E-state index is 0.0275. The minimum Gasteiger partial charge on any atom is -0.468 e. The molecule has 0 aliphatic carbocycles. The van der Waals surface area contributed by atoms with Gasteiger partial charge in [-0.15, -0.1) is 0 Å². The maximum absolute atomic E-state index is 12.0. The van der Waals surface area contributed by atoms with Gasteiger partial charge in [-0.05, 0) is 20.3 Å². The molecule has 0 bridgehead atoms. The van der Waals surface area contributed by atoms with Gasteiger partial charge in [-0.3, -0.25) is 4.79 Å². The lowest BCUT2D eigenvalue weighted by molar-refractivity contribution is -0.141. The quantitative estimate of drug-likeness (QED) is 0.647. The number of amides is 2. The molecule has 0 saturated heterocycles. The van der Waals surface area contributed by atoms with Gasteiger partial charge in [0.1, 0.15) is 6.54 Å². The van der Waals surface area contributed by atoms with Gasteiger partial charge in [-0.1, -0.05) is 6.92 Å². The lowest BCUT2D eigenvalue weighted by Crippen LogP contribution is -2.45. The number of carbonyl (C=O) groups excluding carboxylic acids is 2. The number of methoxy groups -OCH3 is 1. The Morgan fingerprint density at radius 2 is 1.62 bits per heavy atom. The number of nitrogens with zero attached hydrogens (tertiary/aromatic N) is 2. The van der Waals surface area contributed by atoms with Gasteiger partial charge < -0.3 is 14.5 Å². The van der Waals surface area contributed by atoms with Crippen LogP contribution in [0, 0.1) is 0 Å². The lowest BCUT2D eigenvalue weighted by atomic mass is 10.4. The van der Waals surface area contributed by atoms with Crippen LogP contribution in [0.15, 0.2) is 0 Å². The molecular formula is C11H22N2O3. The summed E-state index contributed by atoms with van der Waals surface area (Å²) in [7, 11) is 1.33. The monoisotopic (exact) mass is 230 g/mol. The summed E-state index contributed by atoms with van der Waals surface area (Å²) in [5, 5.41) is 0. The van der Waals surface area contributed by atoms with Gasteiger partial charge in [0.15, 0.2) is 0 Å². The van der Waals surface area contributed by atoms with E-state index < -0.39 is 0 Å². The van der Waals surface area contributed by atoms with Crippen LogP contribution in [0.3, 0.4) is 0 Å². The van der Waals surface area contributed by atoms with Crippen molar-refractivity contribution in [2.45, 2.75) is 27.2 Å². The maximum atomic E-state index is 12.0. The van der Waals surface area contributed by atoms with Gasteiger partial charge in [-0.25, -0.2) is 4.79 Å². The standard InChI is InChI=1S/C11H22N2O3/c1-5-8-13(9-10(14)16-4)11(15)12(6-2)7-3/h5-9H2,1-4H3. The molecule has 16 heavy (non-hydrogen) atoms. The van der Waals surface area contributed by atoms with Crippen LogP contribution in [0.4, 0.5) is 4.79 Å². The zero-order chi connectivity index (χ0) is 12.6. The molecule has 0 unspecified atom stereocenters. The van der Waals surface area contributed by atoms with Gasteiger partial charge in [-0.2, -0.15) is 0 Å². The highest BCUT2D eigenvalue weighted by Crippen LogP contribution is 2.01. The molecule has 94 valence electrons. The van der Waals surface area contributed by atoms with E-state index in [1.165, 1.54) is 12.0 Å². The molecule has 2 amide bonds. The van der Waals surface area contributed by atoms with E-state index in [0.717, 1.165) is 6.42 Å². The SMILES string of the molecule is CCCN(CC(=O)OC)C(=O)N(CC)CC. The van der Waals surface area contributed by atoms with Crippen LogP contribution in [0.5, 0.6) is 0 Å². The van der Waals surface area contributed by atoms with Gasteiger partial charge >= 0.3 is 12.0 Å². The summed E-state index contributed by atoms with van der Waals surface area (Å²) >= 11 is 0. The van der Waals surface area contributed by atoms with Gasteiger partial charge in [0.05, 0.1) is 7.11 Å². The first-order valence-corrected chi connectivity index (χ1v) is 5.71. The summed E-state index contributed by atoms with van der Waals surface area (Å²) in [4.78, 5) is 26.4. The highest BCUT2D eigenvalue weighted by Gasteiger charge is 2.20. The zero-order valence-electron chi connectivity index (χ0n) is 10.7. The van der Waals surface area contributed by atoms with E-state index in [0.29, 0.717) is 19.6 Å². The summed E-state index contributed by atoms with van der Waals surface area (Å²) in [6, 6.07) is -0.0998. The Bertz CT molecular complexity index is 227. The van der Waals surface area contributed by atoms with Crippen molar-refractivity contribution in [1.29, 1.82) is 0 Å². The van der Waals surface area contributed by atoms with Gasteiger partial charge in [0.25, 0.3) is 0 Å². The normalized spacial score (nSPS) is 9.75. The van der Waals surface area contributed by atoms with E-state index >= 15 is 0 Å². The molecule has 0 N–H and O–H groups in total. The van der Waals surface area contributed by atoms with Crippen LogP contribution >= 0.6 is 0 Å². The molecule has 0 atom stereocenters. The number of esters is 1. The van der Waals surface area contributed by atoms with E-state index in [4.69, 9.17) is 0 Å². The summed E-state index contributed by atoms with van der Waals surface area (Å²) in [5.74, 6) is -0.381. The summed E-state index contributed by atoms with van der Waals surface area (Å²) in [6.45, 7) is 7.71. The minimum atomic E-state index is -0.381. The predicted molar refractivity (Wildman–Crippen MR) is 62.2 cm³/mol. The van der Waals surface area contributed by atoms with E-state index in [-0.39, 0.29) is 18.5 Å². The van der Waals surface area contributed by atoms with Crippen molar-refractivity contribution < 1.29 is 14.3 Å². The third-order valence-corrected chi connectivity index (χ3v) is 2.35. The van der Waals surface area contributed by atoms with E-state index in [2.05, 4.69) is 4.74 Å². The lowest BCUT2D eigenvalue weighted by Gasteiger charge is -2.28. The molecule has 0 radical (unpaired) electrons. The Hall–Kier alpha value is -1.26. The molecule has 0 aromatic rings. The first-order chi connectivity index (χ1) is 7.60. The second kappa shape index (κ2) is 7.96. The van der Waals surface area contributed by atoms with Crippen molar-refractivity contribution in [2.75, 3.05) is 33.3 Å². The van der Waals surface area contributed by atoms with Crippen molar-refractivity contribution in [3.8, 4) is 0 Å². The second-order valence-electron chi connectivity index (χ2n) is 3.45. The molecule has 5 heteroatoms. The number of ether oxygens (including phenoxy) is 1. The van der Waals surface area contributed by atoms with E-state index in [9.17, 15) is 9.59 Å². The number of carbonyl (C=O) groups is 2. The average Bonchev–Trinajstić information content (AvgIpc) is 2.29. The van der Waals surface area contributed by atoms with E-state index in [1.807, 2.05) is 20.8 Å². The molecule has 0 aliphatic rings. The number of rotatable bonds is 6. The highest BCUT2D eigenvalue weighted by molar-refractivity contribution is 5.80. The highest BCUT2D eigenvalue weighted by atomic mass is 16.5. The van der Waals surface area contributed by atoms with Crippen LogP contribution < -0.4 is 0 Å². The fraction of sp³-hybridized carbons (Fsp3) is 0.818. The molecular weight excluding hydrogens is 208 g/mol. The van der Waals surface area contributed by atoms with E-state index in [1.54, 1.807) is 4.90 Å². The first-order valence-electron chi connectivity index (χ1n) is 5.71. The molecule has 0 fully saturated rings. The topological polar surface area (TPSA) is 49.9 Å².